The van der Waals surface area contributed by atoms with Crippen molar-refractivity contribution in [1.82, 2.24) is 20.4 Å². The number of carboxylic acid groups (broad SMARTS) is 1. The summed E-state index contributed by atoms with van der Waals surface area (Å²) in [5.41, 5.74) is 1.58. The number of halogens is 1. The molecule has 1 aromatic carbocycles. The number of aliphatic hydroxyl groups is 1. The highest BCUT2D eigenvalue weighted by atomic mass is 35.5. The molecule has 10 nitrogen and oxygen atoms in total. The molecule has 0 aliphatic carbocycles. The summed E-state index contributed by atoms with van der Waals surface area (Å²) in [6.07, 6.45) is 7.86. The van der Waals surface area contributed by atoms with Gasteiger partial charge in [-0.2, -0.15) is 5.10 Å². The maximum Gasteiger partial charge on any atom is 0.308 e. The molecule has 2 amide bonds. The molecular weight excluding hydrogens is 512 g/mol. The van der Waals surface area contributed by atoms with E-state index in [0.717, 1.165) is 5.69 Å². The van der Waals surface area contributed by atoms with E-state index in [4.69, 9.17) is 21.4 Å². The fourth-order valence-corrected chi connectivity index (χ4v) is 3.70. The number of aliphatic hydroxyl groups excluding tert-OH is 1. The maximum absolute atomic E-state index is 12.8. The van der Waals surface area contributed by atoms with E-state index in [1.807, 2.05) is 32.2 Å². The molecule has 0 saturated heterocycles. The number of hydrogen-bond acceptors (Lipinski definition) is 6. The summed E-state index contributed by atoms with van der Waals surface area (Å²) in [7, 11) is 3.31. The van der Waals surface area contributed by atoms with E-state index < -0.39 is 35.8 Å². The molecular formula is C27H35ClN4O6. The topological polar surface area (TPSA) is 143 Å². The SMILES string of the molecule is COc1ccc(CC(NC(=O)/C=C/C[C@H](O)[C@H](C)/C=C/c2ccnn2C)C(=O)NC[C@@H](C)C(=O)O)cc1Cl. The van der Waals surface area contributed by atoms with Gasteiger partial charge in [-0.3, -0.25) is 19.1 Å². The van der Waals surface area contributed by atoms with Gasteiger partial charge in [0.05, 0.1) is 29.8 Å². The van der Waals surface area contributed by atoms with E-state index in [0.29, 0.717) is 16.3 Å². The summed E-state index contributed by atoms with van der Waals surface area (Å²) >= 11 is 6.20. The number of carbonyl (C=O) groups excluding carboxylic acids is 2. The first kappa shape index (κ1) is 30.6. The summed E-state index contributed by atoms with van der Waals surface area (Å²) in [6.45, 7) is 3.25. The molecule has 1 aromatic heterocycles. The zero-order chi connectivity index (χ0) is 28.2. The second-order valence-electron chi connectivity index (χ2n) is 9.02. The van der Waals surface area contributed by atoms with Crippen LogP contribution in [0.1, 0.15) is 31.5 Å². The van der Waals surface area contributed by atoms with Crippen molar-refractivity contribution >= 4 is 35.5 Å². The Morgan fingerprint density at radius 3 is 2.58 bits per heavy atom. The van der Waals surface area contributed by atoms with Crippen LogP contribution in [0.5, 0.6) is 5.75 Å². The zero-order valence-electron chi connectivity index (χ0n) is 21.9. The Bertz CT molecular complexity index is 1160. The molecule has 0 bridgehead atoms. The fraction of sp³-hybridized carbons (Fsp3) is 0.407. The first-order valence-corrected chi connectivity index (χ1v) is 12.5. The number of ether oxygens (including phenoxy) is 1. The van der Waals surface area contributed by atoms with Crippen LogP contribution in [0.2, 0.25) is 5.02 Å². The summed E-state index contributed by atoms with van der Waals surface area (Å²) < 4.78 is 6.87. The highest BCUT2D eigenvalue weighted by molar-refractivity contribution is 6.32. The molecule has 4 atom stereocenters. The molecule has 0 fully saturated rings. The van der Waals surface area contributed by atoms with Crippen LogP contribution in [0.3, 0.4) is 0 Å². The molecule has 38 heavy (non-hydrogen) atoms. The van der Waals surface area contributed by atoms with Crippen LogP contribution >= 0.6 is 11.6 Å². The van der Waals surface area contributed by atoms with Gasteiger partial charge in [0.2, 0.25) is 11.8 Å². The average Bonchev–Trinajstić information content (AvgIpc) is 3.29. The molecule has 0 radical (unpaired) electrons. The van der Waals surface area contributed by atoms with Crippen LogP contribution in [-0.4, -0.2) is 63.6 Å². The van der Waals surface area contributed by atoms with Crippen LogP contribution in [0, 0.1) is 11.8 Å². The number of methoxy groups -OCH3 is 1. The van der Waals surface area contributed by atoms with Crippen LogP contribution in [0.25, 0.3) is 6.08 Å². The van der Waals surface area contributed by atoms with Gasteiger partial charge >= 0.3 is 5.97 Å². The van der Waals surface area contributed by atoms with E-state index in [9.17, 15) is 19.5 Å². The first-order valence-electron chi connectivity index (χ1n) is 12.2. The lowest BCUT2D eigenvalue weighted by molar-refractivity contribution is -0.141. The first-order chi connectivity index (χ1) is 18.0. The van der Waals surface area contributed by atoms with Gasteiger partial charge in [0.1, 0.15) is 11.8 Å². The van der Waals surface area contributed by atoms with Gasteiger partial charge < -0.3 is 25.6 Å². The largest absolute Gasteiger partial charge is 0.495 e. The summed E-state index contributed by atoms with van der Waals surface area (Å²) in [5.74, 6) is -2.59. The number of hydrogen-bond donors (Lipinski definition) is 4. The predicted molar refractivity (Wildman–Crippen MR) is 145 cm³/mol. The van der Waals surface area contributed by atoms with E-state index in [-0.39, 0.29) is 25.3 Å². The number of nitrogens with one attached hydrogen (secondary N) is 2. The van der Waals surface area contributed by atoms with E-state index in [1.54, 1.807) is 35.2 Å². The Kier molecular flexibility index (Phi) is 12.0. The highest BCUT2D eigenvalue weighted by Gasteiger charge is 2.22. The number of aromatic nitrogens is 2. The van der Waals surface area contributed by atoms with Crippen molar-refractivity contribution in [1.29, 1.82) is 0 Å². The average molecular weight is 547 g/mol. The molecule has 2 rings (SSSR count). The number of amides is 2. The molecule has 0 aliphatic heterocycles. The van der Waals surface area contributed by atoms with Crippen molar-refractivity contribution in [2.24, 2.45) is 18.9 Å². The van der Waals surface area contributed by atoms with Crippen LogP contribution in [-0.2, 0) is 27.9 Å². The van der Waals surface area contributed by atoms with E-state index in [1.165, 1.54) is 20.1 Å². The zero-order valence-corrected chi connectivity index (χ0v) is 22.7. The van der Waals surface area contributed by atoms with E-state index >= 15 is 0 Å². The predicted octanol–water partition coefficient (Wildman–Crippen LogP) is 2.60. The number of carboxylic acids is 1. The minimum atomic E-state index is -1.04. The third-order valence-electron chi connectivity index (χ3n) is 5.98. The molecule has 1 heterocycles. The van der Waals surface area contributed by atoms with Crippen molar-refractivity contribution in [2.75, 3.05) is 13.7 Å². The molecule has 2 aromatic rings. The van der Waals surface area contributed by atoms with E-state index in [2.05, 4.69) is 15.7 Å². The molecule has 4 N–H and O–H groups in total. The Morgan fingerprint density at radius 2 is 1.97 bits per heavy atom. The summed E-state index contributed by atoms with van der Waals surface area (Å²) in [5, 5.41) is 29.2. The number of aliphatic carboxylic acids is 1. The highest BCUT2D eigenvalue weighted by Crippen LogP contribution is 2.25. The summed E-state index contributed by atoms with van der Waals surface area (Å²) in [4.78, 5) is 36.5. The van der Waals surface area contributed by atoms with Gasteiger partial charge in [-0.25, -0.2) is 0 Å². The lowest BCUT2D eigenvalue weighted by atomic mass is 10.0. The van der Waals surface area contributed by atoms with Gasteiger partial charge in [0.25, 0.3) is 0 Å². The number of carbonyl (C=O) groups is 3. The Hall–Kier alpha value is -3.63. The second-order valence-corrected chi connectivity index (χ2v) is 9.43. The normalized spacial score (nSPS) is 14.7. The fourth-order valence-electron chi connectivity index (χ4n) is 3.42. The third kappa shape index (κ3) is 9.68. The van der Waals surface area contributed by atoms with Crippen molar-refractivity contribution < 1.29 is 29.3 Å². The molecule has 0 saturated carbocycles. The van der Waals surface area contributed by atoms with Crippen LogP contribution in [0.4, 0.5) is 0 Å². The molecule has 0 aliphatic rings. The van der Waals surface area contributed by atoms with Crippen molar-refractivity contribution in [2.45, 2.75) is 38.8 Å². The maximum atomic E-state index is 12.8. The second kappa shape index (κ2) is 14.9. The molecule has 206 valence electrons. The van der Waals surface area contributed by atoms with Gasteiger partial charge in [0.15, 0.2) is 0 Å². The van der Waals surface area contributed by atoms with Crippen molar-refractivity contribution in [3.8, 4) is 5.75 Å². The molecule has 1 unspecified atom stereocenters. The Balaban J connectivity index is 2.01. The summed E-state index contributed by atoms with van der Waals surface area (Å²) in [6, 6.07) is 5.90. The Labute approximate surface area is 227 Å². The minimum absolute atomic E-state index is 0.0871. The lowest BCUT2D eigenvalue weighted by Crippen LogP contribution is -2.48. The minimum Gasteiger partial charge on any atom is -0.495 e. The van der Waals surface area contributed by atoms with Crippen LogP contribution < -0.4 is 15.4 Å². The lowest BCUT2D eigenvalue weighted by Gasteiger charge is -2.19. The number of rotatable bonds is 14. The van der Waals surface area contributed by atoms with Gasteiger partial charge in [-0.05, 0) is 42.3 Å². The standard InChI is InChI=1S/C27H35ClN4O6/c1-17(8-10-20-12-13-30-32(20)3)23(33)6-5-7-25(34)31-22(26(35)29-16-18(2)27(36)37)15-19-9-11-24(38-4)21(28)14-19/h5,7-14,17-18,22-23,33H,6,15-16H2,1-4H3,(H,29,35)(H,31,34)(H,36,37)/b7-5+,10-8+/t17-,18-,22?,23+/m1/s1. The molecule has 11 heteroatoms. The van der Waals surface area contributed by atoms with Crippen molar-refractivity contribution in [3.05, 3.63) is 65.0 Å². The quantitative estimate of drug-likeness (QED) is 0.267. The smallest absolute Gasteiger partial charge is 0.308 e. The van der Waals surface area contributed by atoms with Crippen molar-refractivity contribution in [3.63, 3.8) is 0 Å². The number of benzene rings is 1. The number of nitrogens with zero attached hydrogens (tertiary/aromatic N) is 2. The monoisotopic (exact) mass is 546 g/mol. The van der Waals surface area contributed by atoms with Gasteiger partial charge in [0, 0.05) is 32.1 Å². The van der Waals surface area contributed by atoms with Gasteiger partial charge in [-0.1, -0.05) is 43.7 Å². The molecule has 0 spiro atoms. The van der Waals surface area contributed by atoms with Crippen LogP contribution in [0.15, 0.2) is 48.7 Å². The Morgan fingerprint density at radius 1 is 1.24 bits per heavy atom. The van der Waals surface area contributed by atoms with Gasteiger partial charge in [-0.15, -0.1) is 0 Å². The third-order valence-corrected chi connectivity index (χ3v) is 6.27. The number of aryl methyl sites for hydroxylation is 1.